The van der Waals surface area contributed by atoms with Gasteiger partial charge in [-0.1, -0.05) is 6.07 Å². The fourth-order valence-electron chi connectivity index (χ4n) is 1.80. The van der Waals surface area contributed by atoms with E-state index < -0.39 is 17.5 Å². The number of hydrogen-bond acceptors (Lipinski definition) is 2. The van der Waals surface area contributed by atoms with Crippen molar-refractivity contribution >= 4 is 0 Å². The van der Waals surface area contributed by atoms with E-state index in [0.29, 0.717) is 12.5 Å². The smallest absolute Gasteiger partial charge is 0.168 e. The topological polar surface area (TPSA) is 35.2 Å². The lowest BCUT2D eigenvalue weighted by Gasteiger charge is -2.10. The van der Waals surface area contributed by atoms with E-state index in [0.717, 1.165) is 17.7 Å². The number of hydrogen-bond donors (Lipinski definition) is 1. The van der Waals surface area contributed by atoms with Crippen molar-refractivity contribution in [2.45, 2.75) is 19.4 Å². The summed E-state index contributed by atoms with van der Waals surface area (Å²) in [6.07, 6.45) is 0.530. The molecule has 2 aromatic carbocycles. The van der Waals surface area contributed by atoms with Gasteiger partial charge in [-0.2, -0.15) is 0 Å². The van der Waals surface area contributed by atoms with Gasteiger partial charge in [-0.15, -0.1) is 0 Å². The Morgan fingerprint density at radius 1 is 1.00 bits per heavy atom. The molecule has 5 heteroatoms. The summed E-state index contributed by atoms with van der Waals surface area (Å²) in [7, 11) is 0. The van der Waals surface area contributed by atoms with Crippen LogP contribution in [0.15, 0.2) is 36.4 Å². The van der Waals surface area contributed by atoms with Crippen LogP contribution in [0.5, 0.6) is 11.5 Å². The molecule has 2 rings (SSSR count). The van der Waals surface area contributed by atoms with Crippen LogP contribution in [0.4, 0.5) is 13.2 Å². The van der Waals surface area contributed by atoms with Crippen LogP contribution >= 0.6 is 0 Å². The van der Waals surface area contributed by atoms with Crippen LogP contribution in [-0.2, 0) is 6.42 Å². The van der Waals surface area contributed by atoms with E-state index in [1.807, 2.05) is 6.92 Å². The molecule has 0 saturated carbocycles. The van der Waals surface area contributed by atoms with Gasteiger partial charge in [-0.05, 0) is 43.2 Å². The van der Waals surface area contributed by atoms with Gasteiger partial charge in [0.25, 0.3) is 0 Å². The zero-order valence-corrected chi connectivity index (χ0v) is 10.9. The quantitative estimate of drug-likeness (QED) is 0.925. The van der Waals surface area contributed by atoms with Gasteiger partial charge in [0.1, 0.15) is 5.82 Å². The molecule has 20 heavy (non-hydrogen) atoms. The van der Waals surface area contributed by atoms with Crippen LogP contribution in [0.25, 0.3) is 0 Å². The minimum atomic E-state index is -0.885. The van der Waals surface area contributed by atoms with Crippen molar-refractivity contribution in [3.8, 4) is 11.5 Å². The van der Waals surface area contributed by atoms with Gasteiger partial charge < -0.3 is 10.5 Å². The van der Waals surface area contributed by atoms with Gasteiger partial charge in [0, 0.05) is 12.1 Å². The largest absolute Gasteiger partial charge is 0.451 e. The molecule has 0 radical (unpaired) electrons. The maximum atomic E-state index is 13.8. The lowest BCUT2D eigenvalue weighted by Crippen LogP contribution is -2.17. The summed E-state index contributed by atoms with van der Waals surface area (Å²) in [5, 5.41) is 0. The molecule has 0 aliphatic rings. The summed E-state index contributed by atoms with van der Waals surface area (Å²) < 4.78 is 45.1. The molecule has 106 valence electrons. The van der Waals surface area contributed by atoms with Crippen molar-refractivity contribution < 1.29 is 17.9 Å². The van der Waals surface area contributed by atoms with E-state index in [1.165, 1.54) is 12.1 Å². The molecular weight excluding hydrogens is 267 g/mol. The standard InChI is InChI=1S/C15H14F3NO/c1-9(19)6-10-2-4-14(12(17)7-10)20-15-5-3-11(16)8-13(15)18/h2-5,7-9H,6,19H2,1H3. The summed E-state index contributed by atoms with van der Waals surface area (Å²) in [5.74, 6) is -2.58. The molecule has 0 aromatic heterocycles. The second kappa shape index (κ2) is 5.96. The number of rotatable bonds is 4. The lowest BCUT2D eigenvalue weighted by atomic mass is 10.1. The highest BCUT2D eigenvalue weighted by atomic mass is 19.1. The normalized spacial score (nSPS) is 12.2. The SMILES string of the molecule is CC(N)Cc1ccc(Oc2ccc(F)cc2F)c(F)c1. The maximum absolute atomic E-state index is 13.8. The van der Waals surface area contributed by atoms with Gasteiger partial charge in [0.2, 0.25) is 0 Å². The number of ether oxygens (including phenoxy) is 1. The zero-order valence-electron chi connectivity index (χ0n) is 10.9. The highest BCUT2D eigenvalue weighted by Gasteiger charge is 2.11. The summed E-state index contributed by atoms with van der Waals surface area (Å²) >= 11 is 0. The third kappa shape index (κ3) is 3.51. The second-order valence-electron chi connectivity index (χ2n) is 4.62. The van der Waals surface area contributed by atoms with Crippen LogP contribution in [0, 0.1) is 17.5 Å². The van der Waals surface area contributed by atoms with Crippen LogP contribution in [0.2, 0.25) is 0 Å². The predicted molar refractivity (Wildman–Crippen MR) is 70.2 cm³/mol. The fourth-order valence-corrected chi connectivity index (χ4v) is 1.80. The van der Waals surface area contributed by atoms with Gasteiger partial charge in [0.15, 0.2) is 23.1 Å². The Morgan fingerprint density at radius 3 is 2.15 bits per heavy atom. The maximum Gasteiger partial charge on any atom is 0.168 e. The molecular formula is C15H14F3NO. The monoisotopic (exact) mass is 281 g/mol. The van der Waals surface area contributed by atoms with Gasteiger partial charge in [-0.3, -0.25) is 0 Å². The van der Waals surface area contributed by atoms with E-state index in [-0.39, 0.29) is 17.5 Å². The molecule has 0 amide bonds. The lowest BCUT2D eigenvalue weighted by molar-refractivity contribution is 0.411. The number of halogens is 3. The van der Waals surface area contributed by atoms with E-state index in [9.17, 15) is 13.2 Å². The van der Waals surface area contributed by atoms with E-state index in [4.69, 9.17) is 10.5 Å². The highest BCUT2D eigenvalue weighted by molar-refractivity contribution is 5.35. The first kappa shape index (κ1) is 14.4. The molecule has 0 heterocycles. The minimum Gasteiger partial charge on any atom is -0.451 e. The summed E-state index contributed by atoms with van der Waals surface area (Å²) in [4.78, 5) is 0. The van der Waals surface area contributed by atoms with Gasteiger partial charge in [0.05, 0.1) is 0 Å². The highest BCUT2D eigenvalue weighted by Crippen LogP contribution is 2.27. The Bertz CT molecular complexity index is 614. The first-order valence-corrected chi connectivity index (χ1v) is 6.12. The third-order valence-electron chi connectivity index (χ3n) is 2.67. The summed E-state index contributed by atoms with van der Waals surface area (Å²) in [6.45, 7) is 1.82. The van der Waals surface area contributed by atoms with Crippen molar-refractivity contribution in [3.63, 3.8) is 0 Å². The summed E-state index contributed by atoms with van der Waals surface area (Å²) in [6, 6.07) is 7.09. The minimum absolute atomic E-state index is 0.0873. The molecule has 0 aliphatic heterocycles. The van der Waals surface area contributed by atoms with Crippen LogP contribution in [0.3, 0.4) is 0 Å². The number of benzene rings is 2. The Balaban J connectivity index is 2.21. The number of nitrogens with two attached hydrogens (primary N) is 1. The van der Waals surface area contributed by atoms with Crippen LogP contribution in [0.1, 0.15) is 12.5 Å². The summed E-state index contributed by atoms with van der Waals surface area (Å²) in [5.41, 5.74) is 6.36. The molecule has 0 saturated heterocycles. The molecule has 1 unspecified atom stereocenters. The Labute approximate surface area is 115 Å². The van der Waals surface area contributed by atoms with E-state index in [2.05, 4.69) is 0 Å². The zero-order chi connectivity index (χ0) is 14.7. The first-order valence-electron chi connectivity index (χ1n) is 6.12. The average Bonchev–Trinajstić information content (AvgIpc) is 2.34. The predicted octanol–water partition coefficient (Wildman–Crippen LogP) is 3.79. The Morgan fingerprint density at radius 2 is 1.60 bits per heavy atom. The molecule has 2 N–H and O–H groups in total. The Kier molecular flexibility index (Phi) is 4.29. The molecule has 2 aromatic rings. The second-order valence-corrected chi connectivity index (χ2v) is 4.62. The van der Waals surface area contributed by atoms with Crippen LogP contribution < -0.4 is 10.5 Å². The Hall–Kier alpha value is -2.01. The fraction of sp³-hybridized carbons (Fsp3) is 0.200. The molecule has 2 nitrogen and oxygen atoms in total. The van der Waals surface area contributed by atoms with Crippen molar-refractivity contribution in [3.05, 3.63) is 59.4 Å². The van der Waals surface area contributed by atoms with Gasteiger partial charge in [-0.25, -0.2) is 13.2 Å². The molecule has 0 fully saturated rings. The molecule has 0 bridgehead atoms. The van der Waals surface area contributed by atoms with Crippen molar-refractivity contribution in [1.82, 2.24) is 0 Å². The van der Waals surface area contributed by atoms with E-state index in [1.54, 1.807) is 6.07 Å². The van der Waals surface area contributed by atoms with Crippen LogP contribution in [-0.4, -0.2) is 6.04 Å². The van der Waals surface area contributed by atoms with Gasteiger partial charge >= 0.3 is 0 Å². The van der Waals surface area contributed by atoms with Crippen molar-refractivity contribution in [2.75, 3.05) is 0 Å². The molecule has 1 atom stereocenters. The molecule has 0 spiro atoms. The van der Waals surface area contributed by atoms with Crippen molar-refractivity contribution in [1.29, 1.82) is 0 Å². The molecule has 0 aliphatic carbocycles. The third-order valence-corrected chi connectivity index (χ3v) is 2.67. The van der Waals surface area contributed by atoms with E-state index >= 15 is 0 Å². The average molecular weight is 281 g/mol. The van der Waals surface area contributed by atoms with Crippen molar-refractivity contribution in [2.24, 2.45) is 5.73 Å². The first-order chi connectivity index (χ1) is 9.45.